The van der Waals surface area contributed by atoms with Crippen molar-refractivity contribution in [2.45, 2.75) is 11.8 Å². The van der Waals surface area contributed by atoms with E-state index in [0.717, 1.165) is 6.07 Å². The quantitative estimate of drug-likeness (QED) is 0.880. The SMILES string of the molecule is Cc1cc(S(=O)(=O)Cl)ccc1NC(=O)c1cccc(F)c1. The zero-order valence-electron chi connectivity index (χ0n) is 10.9. The molecule has 0 bridgehead atoms. The molecule has 2 rings (SSSR count). The summed E-state index contributed by atoms with van der Waals surface area (Å²) >= 11 is 0. The van der Waals surface area contributed by atoms with Gasteiger partial charge in [-0.1, -0.05) is 6.07 Å². The molecule has 0 saturated heterocycles. The lowest BCUT2D eigenvalue weighted by molar-refractivity contribution is 0.102. The Morgan fingerprint density at radius 3 is 2.48 bits per heavy atom. The Kier molecular flexibility index (Phi) is 4.29. The molecule has 0 aliphatic rings. The number of halogens is 2. The molecule has 1 N–H and O–H groups in total. The second-order valence-corrected chi connectivity index (χ2v) is 6.94. The number of rotatable bonds is 3. The minimum absolute atomic E-state index is 0.0505. The maximum absolute atomic E-state index is 13.1. The number of carbonyl (C=O) groups is 1. The van der Waals surface area contributed by atoms with Gasteiger partial charge >= 0.3 is 0 Å². The van der Waals surface area contributed by atoms with E-state index >= 15 is 0 Å². The molecule has 0 fully saturated rings. The summed E-state index contributed by atoms with van der Waals surface area (Å²) in [5, 5.41) is 2.59. The third-order valence-corrected chi connectivity index (χ3v) is 4.17. The van der Waals surface area contributed by atoms with Gasteiger partial charge in [0, 0.05) is 21.9 Å². The van der Waals surface area contributed by atoms with Crippen molar-refractivity contribution in [3.05, 3.63) is 59.4 Å². The molecule has 1 amide bonds. The van der Waals surface area contributed by atoms with Crippen LogP contribution in [0.1, 0.15) is 15.9 Å². The Hall–Kier alpha value is -1.92. The molecule has 0 aliphatic carbocycles. The number of amides is 1. The smallest absolute Gasteiger partial charge is 0.261 e. The molecular formula is C14H11ClFNO3S. The molecule has 0 saturated carbocycles. The van der Waals surface area contributed by atoms with Crippen LogP contribution in [0.2, 0.25) is 0 Å². The molecule has 7 heteroatoms. The topological polar surface area (TPSA) is 63.2 Å². The van der Waals surface area contributed by atoms with Crippen LogP contribution in [-0.2, 0) is 9.05 Å². The molecule has 0 radical (unpaired) electrons. The Balaban J connectivity index is 2.26. The Morgan fingerprint density at radius 1 is 1.19 bits per heavy atom. The van der Waals surface area contributed by atoms with Crippen molar-refractivity contribution in [2.75, 3.05) is 5.32 Å². The van der Waals surface area contributed by atoms with Crippen LogP contribution in [-0.4, -0.2) is 14.3 Å². The third kappa shape index (κ3) is 3.80. The molecule has 0 atom stereocenters. The summed E-state index contributed by atoms with van der Waals surface area (Å²) in [4.78, 5) is 11.9. The molecule has 2 aromatic rings. The fraction of sp³-hybridized carbons (Fsp3) is 0.0714. The molecule has 0 aliphatic heterocycles. The van der Waals surface area contributed by atoms with Gasteiger partial charge in [0.15, 0.2) is 0 Å². The van der Waals surface area contributed by atoms with Crippen LogP contribution in [0.3, 0.4) is 0 Å². The third-order valence-electron chi connectivity index (χ3n) is 2.81. The molecule has 0 aromatic heterocycles. The highest BCUT2D eigenvalue weighted by molar-refractivity contribution is 8.13. The zero-order valence-corrected chi connectivity index (χ0v) is 12.5. The molecule has 0 heterocycles. The van der Waals surface area contributed by atoms with Crippen molar-refractivity contribution in [3.63, 3.8) is 0 Å². The minimum Gasteiger partial charge on any atom is -0.322 e. The number of hydrogen-bond acceptors (Lipinski definition) is 3. The average molecular weight is 328 g/mol. The Morgan fingerprint density at radius 2 is 1.90 bits per heavy atom. The van der Waals surface area contributed by atoms with Crippen LogP contribution >= 0.6 is 10.7 Å². The van der Waals surface area contributed by atoms with Crippen LogP contribution in [0.15, 0.2) is 47.4 Å². The summed E-state index contributed by atoms with van der Waals surface area (Å²) in [7, 11) is 1.43. The van der Waals surface area contributed by atoms with E-state index in [1.54, 1.807) is 6.92 Å². The summed E-state index contributed by atoms with van der Waals surface area (Å²) in [5.74, 6) is -0.998. The summed E-state index contributed by atoms with van der Waals surface area (Å²) < 4.78 is 35.5. The highest BCUT2D eigenvalue weighted by atomic mass is 35.7. The van der Waals surface area contributed by atoms with Crippen LogP contribution in [0.5, 0.6) is 0 Å². The van der Waals surface area contributed by atoms with Gasteiger partial charge in [-0.15, -0.1) is 0 Å². The van der Waals surface area contributed by atoms with Gasteiger partial charge in [-0.05, 0) is 48.9 Å². The van der Waals surface area contributed by atoms with Gasteiger partial charge in [0.2, 0.25) is 0 Å². The molecule has 0 spiro atoms. The number of anilines is 1. The first-order valence-electron chi connectivity index (χ1n) is 5.89. The highest BCUT2D eigenvalue weighted by Gasteiger charge is 2.13. The van der Waals surface area contributed by atoms with Crippen molar-refractivity contribution < 1.29 is 17.6 Å². The highest BCUT2D eigenvalue weighted by Crippen LogP contribution is 2.22. The Bertz CT molecular complexity index is 806. The van der Waals surface area contributed by atoms with Crippen molar-refractivity contribution in [2.24, 2.45) is 0 Å². The lowest BCUT2D eigenvalue weighted by atomic mass is 10.1. The number of benzene rings is 2. The van der Waals surface area contributed by atoms with Gasteiger partial charge in [-0.2, -0.15) is 0 Å². The van der Waals surface area contributed by atoms with Gasteiger partial charge in [0.25, 0.3) is 15.0 Å². The van der Waals surface area contributed by atoms with Gasteiger partial charge in [0.1, 0.15) is 5.82 Å². The van der Waals surface area contributed by atoms with Gasteiger partial charge in [-0.3, -0.25) is 4.79 Å². The van der Waals surface area contributed by atoms with E-state index in [2.05, 4.69) is 5.32 Å². The normalized spacial score (nSPS) is 11.2. The first-order chi connectivity index (χ1) is 9.77. The van der Waals surface area contributed by atoms with Gasteiger partial charge in [0.05, 0.1) is 4.90 Å². The van der Waals surface area contributed by atoms with Crippen molar-refractivity contribution in [3.8, 4) is 0 Å². The predicted octanol–water partition coefficient (Wildman–Crippen LogP) is 3.31. The van der Waals surface area contributed by atoms with E-state index in [9.17, 15) is 17.6 Å². The van der Waals surface area contributed by atoms with Gasteiger partial charge < -0.3 is 5.32 Å². The van der Waals surface area contributed by atoms with E-state index < -0.39 is 20.8 Å². The zero-order chi connectivity index (χ0) is 15.6. The second kappa shape index (κ2) is 5.83. The van der Waals surface area contributed by atoms with Crippen LogP contribution in [0.4, 0.5) is 10.1 Å². The molecule has 110 valence electrons. The lowest BCUT2D eigenvalue weighted by Gasteiger charge is -2.09. The summed E-state index contributed by atoms with van der Waals surface area (Å²) in [6.07, 6.45) is 0. The van der Waals surface area contributed by atoms with Crippen molar-refractivity contribution in [1.29, 1.82) is 0 Å². The van der Waals surface area contributed by atoms with Crippen molar-refractivity contribution in [1.82, 2.24) is 0 Å². The monoisotopic (exact) mass is 327 g/mol. The molecule has 4 nitrogen and oxygen atoms in total. The van der Waals surface area contributed by atoms with E-state index in [0.29, 0.717) is 11.3 Å². The van der Waals surface area contributed by atoms with Gasteiger partial charge in [-0.25, -0.2) is 12.8 Å². The minimum atomic E-state index is -3.82. The largest absolute Gasteiger partial charge is 0.322 e. The van der Waals surface area contributed by atoms with E-state index in [4.69, 9.17) is 10.7 Å². The van der Waals surface area contributed by atoms with E-state index in [-0.39, 0.29) is 10.5 Å². The predicted molar refractivity (Wildman–Crippen MR) is 78.6 cm³/mol. The number of nitrogens with one attached hydrogen (secondary N) is 1. The summed E-state index contributed by atoms with van der Waals surface area (Å²) in [6, 6.07) is 9.33. The molecular weight excluding hydrogens is 317 g/mol. The van der Waals surface area contributed by atoms with E-state index in [1.807, 2.05) is 0 Å². The Labute approximate surface area is 126 Å². The van der Waals surface area contributed by atoms with Crippen molar-refractivity contribution >= 4 is 31.3 Å². The fourth-order valence-corrected chi connectivity index (χ4v) is 2.59. The number of carbonyl (C=O) groups excluding carboxylic acids is 1. The maximum atomic E-state index is 13.1. The number of hydrogen-bond donors (Lipinski definition) is 1. The van der Waals surface area contributed by atoms with E-state index in [1.165, 1.54) is 36.4 Å². The van der Waals surface area contributed by atoms with Crippen LogP contribution in [0.25, 0.3) is 0 Å². The van der Waals surface area contributed by atoms with Crippen LogP contribution < -0.4 is 5.32 Å². The fourth-order valence-electron chi connectivity index (χ4n) is 1.75. The lowest BCUT2D eigenvalue weighted by Crippen LogP contribution is -2.13. The first kappa shape index (κ1) is 15.5. The summed E-state index contributed by atoms with van der Waals surface area (Å²) in [6.45, 7) is 1.63. The first-order valence-corrected chi connectivity index (χ1v) is 8.20. The molecule has 2 aromatic carbocycles. The standard InChI is InChI=1S/C14H11ClFNO3S/c1-9-7-12(21(15,19)20)5-6-13(9)17-14(18)10-3-2-4-11(16)8-10/h2-8H,1H3,(H,17,18). The molecule has 21 heavy (non-hydrogen) atoms. The van der Waals surface area contributed by atoms with Crippen LogP contribution in [0, 0.1) is 12.7 Å². The second-order valence-electron chi connectivity index (χ2n) is 4.38. The maximum Gasteiger partial charge on any atom is 0.261 e. The summed E-state index contributed by atoms with van der Waals surface area (Å²) in [5.41, 5.74) is 1.12. The molecule has 0 unspecified atom stereocenters. The number of aryl methyl sites for hydroxylation is 1. The average Bonchev–Trinajstić information content (AvgIpc) is 2.39.